The Kier molecular flexibility index (Phi) is 3.90. The SMILES string of the molecule is Cc1nc(CCNC(C)C2CCOC2)no1. The van der Waals surface area contributed by atoms with Crippen LogP contribution >= 0.6 is 0 Å². The molecule has 1 aromatic rings. The van der Waals surface area contributed by atoms with Crippen LogP contribution in [0.4, 0.5) is 0 Å². The average molecular weight is 225 g/mol. The maximum atomic E-state index is 5.37. The summed E-state index contributed by atoms with van der Waals surface area (Å²) in [7, 11) is 0. The maximum absolute atomic E-state index is 5.37. The van der Waals surface area contributed by atoms with Crippen molar-refractivity contribution < 1.29 is 9.26 Å². The molecule has 5 nitrogen and oxygen atoms in total. The van der Waals surface area contributed by atoms with Crippen LogP contribution in [0.5, 0.6) is 0 Å². The number of ether oxygens (including phenoxy) is 1. The Morgan fingerprint density at radius 3 is 3.06 bits per heavy atom. The summed E-state index contributed by atoms with van der Waals surface area (Å²) in [6.45, 7) is 6.69. The molecule has 1 aromatic heterocycles. The summed E-state index contributed by atoms with van der Waals surface area (Å²) in [5.41, 5.74) is 0. The van der Waals surface area contributed by atoms with Gasteiger partial charge in [-0.1, -0.05) is 5.16 Å². The molecule has 0 aromatic carbocycles. The molecule has 0 spiro atoms. The summed E-state index contributed by atoms with van der Waals surface area (Å²) in [6, 6.07) is 0.496. The lowest BCUT2D eigenvalue weighted by Gasteiger charge is -2.18. The minimum absolute atomic E-state index is 0.496. The molecule has 0 amide bonds. The van der Waals surface area contributed by atoms with Gasteiger partial charge in [0, 0.05) is 32.5 Å². The molecule has 0 saturated carbocycles. The van der Waals surface area contributed by atoms with E-state index in [0.29, 0.717) is 17.9 Å². The molecule has 0 aliphatic carbocycles. The summed E-state index contributed by atoms with van der Waals surface area (Å²) in [5, 5.41) is 7.34. The number of rotatable bonds is 5. The molecule has 1 aliphatic rings. The smallest absolute Gasteiger partial charge is 0.223 e. The summed E-state index contributed by atoms with van der Waals surface area (Å²) >= 11 is 0. The summed E-state index contributed by atoms with van der Waals surface area (Å²) < 4.78 is 10.3. The number of hydrogen-bond donors (Lipinski definition) is 1. The predicted molar refractivity (Wildman–Crippen MR) is 59.1 cm³/mol. The van der Waals surface area contributed by atoms with Crippen LogP contribution in [0.3, 0.4) is 0 Å². The van der Waals surface area contributed by atoms with E-state index in [2.05, 4.69) is 22.4 Å². The van der Waals surface area contributed by atoms with Gasteiger partial charge in [-0.05, 0) is 19.3 Å². The Balaban J connectivity index is 1.67. The summed E-state index contributed by atoms with van der Waals surface area (Å²) in [5.74, 6) is 2.05. The largest absolute Gasteiger partial charge is 0.381 e. The van der Waals surface area contributed by atoms with Gasteiger partial charge in [0.2, 0.25) is 5.89 Å². The van der Waals surface area contributed by atoms with Gasteiger partial charge in [-0.3, -0.25) is 0 Å². The first kappa shape index (κ1) is 11.5. The van der Waals surface area contributed by atoms with E-state index in [4.69, 9.17) is 9.26 Å². The topological polar surface area (TPSA) is 60.2 Å². The minimum atomic E-state index is 0.496. The second-order valence-electron chi connectivity index (χ2n) is 4.35. The zero-order valence-electron chi connectivity index (χ0n) is 9.90. The van der Waals surface area contributed by atoms with Crippen molar-refractivity contribution in [1.82, 2.24) is 15.5 Å². The Labute approximate surface area is 95.6 Å². The standard InChI is InChI=1S/C11H19N3O2/c1-8(10-4-6-15-7-10)12-5-3-11-13-9(2)16-14-11/h8,10,12H,3-7H2,1-2H3. The van der Waals surface area contributed by atoms with E-state index in [1.807, 2.05) is 6.92 Å². The Morgan fingerprint density at radius 1 is 1.56 bits per heavy atom. The van der Waals surface area contributed by atoms with Crippen LogP contribution in [-0.2, 0) is 11.2 Å². The van der Waals surface area contributed by atoms with Crippen molar-refractivity contribution in [3.8, 4) is 0 Å². The minimum Gasteiger partial charge on any atom is -0.381 e. The van der Waals surface area contributed by atoms with Gasteiger partial charge in [-0.15, -0.1) is 0 Å². The molecule has 90 valence electrons. The molecule has 1 saturated heterocycles. The van der Waals surface area contributed by atoms with Gasteiger partial charge in [0.15, 0.2) is 5.82 Å². The molecule has 2 rings (SSSR count). The van der Waals surface area contributed by atoms with Gasteiger partial charge in [0.05, 0.1) is 6.61 Å². The number of aromatic nitrogens is 2. The van der Waals surface area contributed by atoms with E-state index in [1.165, 1.54) is 0 Å². The zero-order valence-corrected chi connectivity index (χ0v) is 9.90. The number of nitrogens with one attached hydrogen (secondary N) is 1. The second kappa shape index (κ2) is 5.41. The van der Waals surface area contributed by atoms with E-state index in [1.54, 1.807) is 0 Å². The Morgan fingerprint density at radius 2 is 2.44 bits per heavy atom. The van der Waals surface area contributed by atoms with E-state index in [0.717, 1.165) is 38.4 Å². The first-order valence-electron chi connectivity index (χ1n) is 5.86. The lowest BCUT2D eigenvalue weighted by atomic mass is 10.0. The lowest BCUT2D eigenvalue weighted by Crippen LogP contribution is -2.35. The van der Waals surface area contributed by atoms with E-state index in [-0.39, 0.29) is 0 Å². The third-order valence-corrected chi connectivity index (χ3v) is 3.06. The molecule has 1 aliphatic heterocycles. The van der Waals surface area contributed by atoms with Crippen LogP contribution in [0.1, 0.15) is 25.1 Å². The first-order valence-corrected chi connectivity index (χ1v) is 5.86. The van der Waals surface area contributed by atoms with Gasteiger partial charge < -0.3 is 14.6 Å². The fraction of sp³-hybridized carbons (Fsp3) is 0.818. The molecule has 0 bridgehead atoms. The molecule has 2 unspecified atom stereocenters. The lowest BCUT2D eigenvalue weighted by molar-refractivity contribution is 0.178. The van der Waals surface area contributed by atoms with Crippen molar-refractivity contribution >= 4 is 0 Å². The van der Waals surface area contributed by atoms with Crippen LogP contribution in [0.2, 0.25) is 0 Å². The molecule has 16 heavy (non-hydrogen) atoms. The zero-order chi connectivity index (χ0) is 11.4. The van der Waals surface area contributed by atoms with Crippen molar-refractivity contribution in [2.75, 3.05) is 19.8 Å². The van der Waals surface area contributed by atoms with E-state index >= 15 is 0 Å². The molecule has 1 fully saturated rings. The first-order chi connectivity index (χ1) is 7.75. The van der Waals surface area contributed by atoms with Gasteiger partial charge >= 0.3 is 0 Å². The fourth-order valence-electron chi connectivity index (χ4n) is 1.97. The third kappa shape index (κ3) is 3.02. The Hall–Kier alpha value is -0.940. The van der Waals surface area contributed by atoms with Gasteiger partial charge in [0.25, 0.3) is 0 Å². The molecule has 5 heteroatoms. The van der Waals surface area contributed by atoms with Crippen molar-refractivity contribution in [3.63, 3.8) is 0 Å². The van der Waals surface area contributed by atoms with Crippen LogP contribution < -0.4 is 5.32 Å². The highest BCUT2D eigenvalue weighted by molar-refractivity contribution is 4.85. The van der Waals surface area contributed by atoms with Gasteiger partial charge in [-0.2, -0.15) is 4.98 Å². The average Bonchev–Trinajstić information content (AvgIpc) is 2.89. The normalized spacial score (nSPS) is 22.5. The second-order valence-corrected chi connectivity index (χ2v) is 4.35. The number of hydrogen-bond acceptors (Lipinski definition) is 5. The highest BCUT2D eigenvalue weighted by Crippen LogP contribution is 2.16. The molecule has 2 atom stereocenters. The van der Waals surface area contributed by atoms with Crippen molar-refractivity contribution in [3.05, 3.63) is 11.7 Å². The van der Waals surface area contributed by atoms with Gasteiger partial charge in [-0.25, -0.2) is 0 Å². The summed E-state index contributed by atoms with van der Waals surface area (Å²) in [4.78, 5) is 4.16. The highest BCUT2D eigenvalue weighted by Gasteiger charge is 2.21. The van der Waals surface area contributed by atoms with Crippen molar-refractivity contribution in [1.29, 1.82) is 0 Å². The third-order valence-electron chi connectivity index (χ3n) is 3.06. The van der Waals surface area contributed by atoms with Gasteiger partial charge in [0.1, 0.15) is 0 Å². The fourth-order valence-corrected chi connectivity index (χ4v) is 1.97. The van der Waals surface area contributed by atoms with Crippen LogP contribution in [0, 0.1) is 12.8 Å². The number of aryl methyl sites for hydroxylation is 1. The van der Waals surface area contributed by atoms with Crippen LogP contribution in [0.25, 0.3) is 0 Å². The number of nitrogens with zero attached hydrogens (tertiary/aromatic N) is 2. The van der Waals surface area contributed by atoms with Crippen LogP contribution in [0.15, 0.2) is 4.52 Å². The monoisotopic (exact) mass is 225 g/mol. The molecular weight excluding hydrogens is 206 g/mol. The van der Waals surface area contributed by atoms with Crippen LogP contribution in [-0.4, -0.2) is 35.9 Å². The Bertz CT molecular complexity index is 321. The van der Waals surface area contributed by atoms with E-state index in [9.17, 15) is 0 Å². The van der Waals surface area contributed by atoms with Crippen molar-refractivity contribution in [2.24, 2.45) is 5.92 Å². The maximum Gasteiger partial charge on any atom is 0.223 e. The predicted octanol–water partition coefficient (Wildman–Crippen LogP) is 0.935. The molecule has 0 radical (unpaired) electrons. The summed E-state index contributed by atoms with van der Waals surface area (Å²) in [6.07, 6.45) is 1.98. The van der Waals surface area contributed by atoms with Crippen molar-refractivity contribution in [2.45, 2.75) is 32.7 Å². The molecular formula is C11H19N3O2. The molecule has 1 N–H and O–H groups in total. The molecule has 2 heterocycles. The quantitative estimate of drug-likeness (QED) is 0.808. The van der Waals surface area contributed by atoms with E-state index < -0.39 is 0 Å². The highest BCUT2D eigenvalue weighted by atomic mass is 16.5.